The van der Waals surface area contributed by atoms with Crippen LogP contribution in [0.4, 0.5) is 5.69 Å². The lowest BCUT2D eigenvalue weighted by Gasteiger charge is -2.07. The van der Waals surface area contributed by atoms with Gasteiger partial charge in [-0.05, 0) is 53.4 Å². The van der Waals surface area contributed by atoms with Crippen molar-refractivity contribution < 1.29 is 4.79 Å². The van der Waals surface area contributed by atoms with E-state index in [9.17, 15) is 4.79 Å². The molecule has 3 rings (SSSR count). The fraction of sp³-hybridized carbons (Fsp3) is 0.176. The molecule has 112 valence electrons. The van der Waals surface area contributed by atoms with Crippen LogP contribution < -0.4 is 0 Å². The summed E-state index contributed by atoms with van der Waals surface area (Å²) in [5.41, 5.74) is 2.16. The van der Waals surface area contributed by atoms with E-state index in [0.717, 1.165) is 22.2 Å². The number of benzene rings is 1. The number of hydrogen-bond donors (Lipinski definition) is 0. The summed E-state index contributed by atoms with van der Waals surface area (Å²) in [6, 6.07) is 12.1. The SMILES string of the molecule is CCc1ccc(N=C2S/C(=C/c3cccs3)C(=O)N2C)cc1. The number of amides is 1. The Labute approximate surface area is 138 Å². The van der Waals surface area contributed by atoms with Crippen molar-refractivity contribution in [2.45, 2.75) is 13.3 Å². The largest absolute Gasteiger partial charge is 0.290 e. The summed E-state index contributed by atoms with van der Waals surface area (Å²) in [4.78, 5) is 20.3. The first-order chi connectivity index (χ1) is 10.7. The molecule has 1 aliphatic rings. The van der Waals surface area contributed by atoms with Gasteiger partial charge in [-0.3, -0.25) is 9.69 Å². The molecule has 0 saturated carbocycles. The van der Waals surface area contributed by atoms with Crippen molar-refractivity contribution >= 4 is 45.9 Å². The van der Waals surface area contributed by atoms with Crippen molar-refractivity contribution in [3.05, 3.63) is 57.1 Å². The molecule has 22 heavy (non-hydrogen) atoms. The highest BCUT2D eigenvalue weighted by Gasteiger charge is 2.30. The number of carbonyl (C=O) groups excluding carboxylic acids is 1. The molecule has 0 spiro atoms. The van der Waals surface area contributed by atoms with Crippen LogP contribution in [0.3, 0.4) is 0 Å². The Hall–Kier alpha value is -1.85. The Morgan fingerprint density at radius 3 is 2.64 bits per heavy atom. The molecular formula is C17H16N2OS2. The number of rotatable bonds is 3. The molecule has 3 nitrogen and oxygen atoms in total. The molecule has 0 unspecified atom stereocenters. The summed E-state index contributed by atoms with van der Waals surface area (Å²) >= 11 is 3.05. The maximum Gasteiger partial charge on any atom is 0.266 e. The maximum absolute atomic E-state index is 12.3. The zero-order chi connectivity index (χ0) is 15.5. The van der Waals surface area contributed by atoms with Gasteiger partial charge < -0.3 is 0 Å². The van der Waals surface area contributed by atoms with E-state index in [1.807, 2.05) is 35.7 Å². The summed E-state index contributed by atoms with van der Waals surface area (Å²) in [5, 5.41) is 2.72. The molecule has 5 heteroatoms. The molecular weight excluding hydrogens is 312 g/mol. The average molecular weight is 328 g/mol. The number of hydrogen-bond acceptors (Lipinski definition) is 4. The molecule has 2 aromatic rings. The van der Waals surface area contributed by atoms with Crippen LogP contribution in [0.25, 0.3) is 6.08 Å². The van der Waals surface area contributed by atoms with Gasteiger partial charge in [0.25, 0.3) is 5.91 Å². The van der Waals surface area contributed by atoms with Gasteiger partial charge in [-0.25, -0.2) is 4.99 Å². The van der Waals surface area contributed by atoms with Gasteiger partial charge >= 0.3 is 0 Å². The van der Waals surface area contributed by atoms with E-state index in [1.165, 1.54) is 17.3 Å². The molecule has 1 aromatic carbocycles. The van der Waals surface area contributed by atoms with E-state index in [-0.39, 0.29) is 5.91 Å². The number of carbonyl (C=O) groups is 1. The van der Waals surface area contributed by atoms with Crippen molar-refractivity contribution in [1.29, 1.82) is 0 Å². The fourth-order valence-corrected chi connectivity index (χ4v) is 3.78. The highest BCUT2D eigenvalue weighted by molar-refractivity contribution is 8.18. The Morgan fingerprint density at radius 2 is 2.00 bits per heavy atom. The van der Waals surface area contributed by atoms with Gasteiger partial charge in [-0.15, -0.1) is 11.3 Å². The normalized spacial score (nSPS) is 18.6. The number of likely N-dealkylation sites (N-methyl/N-ethyl adjacent to an activating group) is 1. The van der Waals surface area contributed by atoms with E-state index in [4.69, 9.17) is 0 Å². The lowest BCUT2D eigenvalue weighted by atomic mass is 10.2. The molecule has 0 bridgehead atoms. The first-order valence-corrected chi connectivity index (χ1v) is 8.75. The standard InChI is InChI=1S/C17H16N2OS2/c1-3-12-6-8-13(9-7-12)18-17-19(2)16(20)15(22-17)11-14-5-4-10-21-14/h4-11H,3H2,1-2H3/b15-11+,18-17?. The molecule has 1 fully saturated rings. The van der Waals surface area contributed by atoms with Crippen LogP contribution >= 0.6 is 23.1 Å². The van der Waals surface area contributed by atoms with Gasteiger partial charge in [0.15, 0.2) is 5.17 Å². The van der Waals surface area contributed by atoms with Gasteiger partial charge in [-0.2, -0.15) is 0 Å². The van der Waals surface area contributed by atoms with Crippen LogP contribution in [0.15, 0.2) is 51.7 Å². The molecule has 1 aliphatic heterocycles. The molecule has 1 aromatic heterocycles. The zero-order valence-electron chi connectivity index (χ0n) is 12.4. The molecule has 1 saturated heterocycles. The molecule has 2 heterocycles. The molecule has 1 amide bonds. The van der Waals surface area contributed by atoms with Gasteiger partial charge in [0.2, 0.25) is 0 Å². The summed E-state index contributed by atoms with van der Waals surface area (Å²) < 4.78 is 0. The lowest BCUT2D eigenvalue weighted by Crippen LogP contribution is -2.23. The average Bonchev–Trinajstić information content (AvgIpc) is 3.13. The third-order valence-electron chi connectivity index (χ3n) is 3.39. The van der Waals surface area contributed by atoms with Crippen molar-refractivity contribution in [3.63, 3.8) is 0 Å². The van der Waals surface area contributed by atoms with Crippen molar-refractivity contribution in [2.24, 2.45) is 4.99 Å². The quantitative estimate of drug-likeness (QED) is 0.775. The van der Waals surface area contributed by atoms with Crippen LogP contribution in [-0.4, -0.2) is 23.0 Å². The van der Waals surface area contributed by atoms with E-state index in [2.05, 4.69) is 24.0 Å². The van der Waals surface area contributed by atoms with Gasteiger partial charge in [0.1, 0.15) is 0 Å². The van der Waals surface area contributed by atoms with E-state index in [0.29, 0.717) is 4.91 Å². The Kier molecular flexibility index (Phi) is 4.45. The van der Waals surface area contributed by atoms with Crippen molar-refractivity contribution in [2.75, 3.05) is 7.05 Å². The van der Waals surface area contributed by atoms with Crippen molar-refractivity contribution in [1.82, 2.24) is 4.90 Å². The first kappa shape index (κ1) is 15.1. The van der Waals surface area contributed by atoms with E-state index in [1.54, 1.807) is 23.3 Å². The third-order valence-corrected chi connectivity index (χ3v) is 5.27. The maximum atomic E-state index is 12.3. The predicted molar refractivity (Wildman–Crippen MR) is 95.6 cm³/mol. The molecule has 0 atom stereocenters. The predicted octanol–water partition coefficient (Wildman–Crippen LogP) is 4.54. The van der Waals surface area contributed by atoms with Gasteiger partial charge in [-0.1, -0.05) is 25.1 Å². The fourth-order valence-electron chi connectivity index (χ4n) is 2.07. The monoisotopic (exact) mass is 328 g/mol. The molecule has 0 radical (unpaired) electrons. The molecule has 0 aliphatic carbocycles. The Balaban J connectivity index is 1.85. The van der Waals surface area contributed by atoms with Crippen LogP contribution in [0.5, 0.6) is 0 Å². The summed E-state index contributed by atoms with van der Waals surface area (Å²) in [6.07, 6.45) is 2.94. The van der Waals surface area contributed by atoms with Crippen LogP contribution in [0, 0.1) is 0 Å². The smallest absolute Gasteiger partial charge is 0.266 e. The minimum Gasteiger partial charge on any atom is -0.290 e. The second kappa shape index (κ2) is 6.50. The van der Waals surface area contributed by atoms with Crippen LogP contribution in [0.2, 0.25) is 0 Å². The number of aliphatic imine (C=N–C) groups is 1. The van der Waals surface area contributed by atoms with Crippen molar-refractivity contribution in [3.8, 4) is 0 Å². The first-order valence-electron chi connectivity index (χ1n) is 7.06. The van der Waals surface area contributed by atoms with Gasteiger partial charge in [0.05, 0.1) is 10.6 Å². The second-order valence-corrected chi connectivity index (χ2v) is 6.89. The van der Waals surface area contributed by atoms with Crippen LogP contribution in [-0.2, 0) is 11.2 Å². The highest BCUT2D eigenvalue weighted by atomic mass is 32.2. The summed E-state index contributed by atoms with van der Waals surface area (Å²) in [5.74, 6) is 0.00216. The Morgan fingerprint density at radius 1 is 1.23 bits per heavy atom. The number of aryl methyl sites for hydroxylation is 1. The van der Waals surface area contributed by atoms with E-state index >= 15 is 0 Å². The highest BCUT2D eigenvalue weighted by Crippen LogP contribution is 2.33. The lowest BCUT2D eigenvalue weighted by molar-refractivity contribution is -0.121. The number of thioether (sulfide) groups is 1. The number of amidine groups is 1. The summed E-state index contributed by atoms with van der Waals surface area (Å²) in [6.45, 7) is 2.13. The third kappa shape index (κ3) is 3.15. The summed E-state index contributed by atoms with van der Waals surface area (Å²) in [7, 11) is 1.77. The molecule has 0 N–H and O–H groups in total. The van der Waals surface area contributed by atoms with Gasteiger partial charge in [0, 0.05) is 11.9 Å². The zero-order valence-corrected chi connectivity index (χ0v) is 14.1. The Bertz CT molecular complexity index is 731. The number of nitrogens with zero attached hydrogens (tertiary/aromatic N) is 2. The van der Waals surface area contributed by atoms with Crippen LogP contribution in [0.1, 0.15) is 17.4 Å². The minimum atomic E-state index is 0.00216. The number of thiophene rings is 1. The topological polar surface area (TPSA) is 32.7 Å². The minimum absolute atomic E-state index is 0.00216. The van der Waals surface area contributed by atoms with E-state index < -0.39 is 0 Å². The second-order valence-electron chi connectivity index (χ2n) is 4.90.